The first-order valence-corrected chi connectivity index (χ1v) is 7.76. The van der Waals surface area contributed by atoms with Crippen LogP contribution in [0.2, 0.25) is 0 Å². The molecule has 7 nitrogen and oxygen atoms in total. The van der Waals surface area contributed by atoms with Crippen LogP contribution in [0.1, 0.15) is 30.6 Å². The van der Waals surface area contributed by atoms with Gasteiger partial charge in [-0.3, -0.25) is 9.59 Å². The van der Waals surface area contributed by atoms with Gasteiger partial charge in [0.2, 0.25) is 5.91 Å². The van der Waals surface area contributed by atoms with Crippen molar-refractivity contribution < 1.29 is 9.59 Å². The smallest absolute Gasteiger partial charge is 0.258 e. The van der Waals surface area contributed by atoms with Gasteiger partial charge in [0.05, 0.1) is 17.3 Å². The molecule has 0 saturated carbocycles. The van der Waals surface area contributed by atoms with Crippen LogP contribution < -0.4 is 11.1 Å². The summed E-state index contributed by atoms with van der Waals surface area (Å²) < 4.78 is 1.65. The third kappa shape index (κ3) is 2.92. The molecule has 3 N–H and O–H groups in total. The van der Waals surface area contributed by atoms with E-state index in [1.165, 1.54) is 0 Å². The third-order valence-corrected chi connectivity index (χ3v) is 3.98. The molecule has 0 radical (unpaired) electrons. The summed E-state index contributed by atoms with van der Waals surface area (Å²) in [7, 11) is 0. The van der Waals surface area contributed by atoms with E-state index in [-0.39, 0.29) is 23.9 Å². The highest BCUT2D eigenvalue weighted by atomic mass is 16.2. The van der Waals surface area contributed by atoms with Crippen molar-refractivity contribution in [2.24, 2.45) is 5.73 Å². The first-order chi connectivity index (χ1) is 11.0. The van der Waals surface area contributed by atoms with Gasteiger partial charge in [-0.2, -0.15) is 5.10 Å². The highest BCUT2D eigenvalue weighted by molar-refractivity contribution is 6.03. The second-order valence-corrected chi connectivity index (χ2v) is 6.22. The largest absolute Gasteiger partial charge is 0.352 e. The quantitative estimate of drug-likeness (QED) is 0.857. The second kappa shape index (κ2) is 6.00. The van der Waals surface area contributed by atoms with Gasteiger partial charge in [-0.15, -0.1) is 0 Å². The standard InChI is InChI=1S/C16H21N5O2/c1-10(2)19-15(22)14-7-11(17)9-20(14)16(23)12-8-18-21-6-4-3-5-13(12)21/h3-6,8,10-11,14H,7,9,17H2,1-2H3,(H,19,22)/t11-,14+/m1/s1. The van der Waals surface area contributed by atoms with Gasteiger partial charge in [-0.25, -0.2) is 4.52 Å². The molecule has 0 spiro atoms. The number of carbonyl (C=O) groups is 2. The van der Waals surface area contributed by atoms with Crippen molar-refractivity contribution in [3.63, 3.8) is 0 Å². The lowest BCUT2D eigenvalue weighted by molar-refractivity contribution is -0.125. The molecule has 0 aromatic carbocycles. The SMILES string of the molecule is CC(C)NC(=O)[C@@H]1C[C@@H](N)CN1C(=O)c1cnn2ccccc12. The van der Waals surface area contributed by atoms with Gasteiger partial charge >= 0.3 is 0 Å². The Labute approximate surface area is 134 Å². The molecule has 3 rings (SSSR count). The molecule has 3 heterocycles. The maximum Gasteiger partial charge on any atom is 0.258 e. The number of fused-ring (bicyclic) bond motifs is 1. The van der Waals surface area contributed by atoms with E-state index in [1.54, 1.807) is 21.8 Å². The molecule has 122 valence electrons. The summed E-state index contributed by atoms with van der Waals surface area (Å²) in [5, 5.41) is 7.05. The van der Waals surface area contributed by atoms with Crippen molar-refractivity contribution in [3.05, 3.63) is 36.2 Å². The zero-order valence-corrected chi connectivity index (χ0v) is 13.3. The first kappa shape index (κ1) is 15.5. The Hall–Kier alpha value is -2.41. The van der Waals surface area contributed by atoms with Gasteiger partial charge in [0, 0.05) is 24.8 Å². The van der Waals surface area contributed by atoms with Gasteiger partial charge < -0.3 is 16.0 Å². The lowest BCUT2D eigenvalue weighted by atomic mass is 10.1. The number of rotatable bonds is 3. The van der Waals surface area contributed by atoms with Crippen LogP contribution in [-0.4, -0.2) is 51.0 Å². The predicted molar refractivity (Wildman–Crippen MR) is 85.9 cm³/mol. The van der Waals surface area contributed by atoms with E-state index in [0.29, 0.717) is 18.5 Å². The minimum absolute atomic E-state index is 0.0215. The van der Waals surface area contributed by atoms with Crippen LogP contribution in [0.3, 0.4) is 0 Å². The summed E-state index contributed by atoms with van der Waals surface area (Å²) in [6, 6.07) is 4.83. The molecule has 23 heavy (non-hydrogen) atoms. The molecule has 7 heteroatoms. The number of aromatic nitrogens is 2. The first-order valence-electron chi connectivity index (χ1n) is 7.76. The fraction of sp³-hybridized carbons (Fsp3) is 0.438. The summed E-state index contributed by atoms with van der Waals surface area (Å²) in [5.74, 6) is -0.360. The van der Waals surface area contributed by atoms with Gasteiger partial charge in [0.15, 0.2) is 0 Å². The van der Waals surface area contributed by atoms with Crippen molar-refractivity contribution >= 4 is 17.3 Å². The number of amides is 2. The topological polar surface area (TPSA) is 92.7 Å². The molecule has 0 bridgehead atoms. The fourth-order valence-electron chi connectivity index (χ4n) is 2.98. The molecule has 0 unspecified atom stereocenters. The zero-order valence-electron chi connectivity index (χ0n) is 13.3. The highest BCUT2D eigenvalue weighted by Crippen LogP contribution is 2.22. The summed E-state index contributed by atoms with van der Waals surface area (Å²) in [4.78, 5) is 26.8. The van der Waals surface area contributed by atoms with Crippen LogP contribution >= 0.6 is 0 Å². The molecule has 1 aliphatic heterocycles. The number of nitrogens with zero attached hydrogens (tertiary/aromatic N) is 3. The summed E-state index contributed by atoms with van der Waals surface area (Å²) in [6.45, 7) is 4.16. The Morgan fingerprint density at radius 1 is 1.39 bits per heavy atom. The molecule has 1 saturated heterocycles. The molecule has 2 aromatic rings. The summed E-state index contributed by atoms with van der Waals surface area (Å²) >= 11 is 0. The van der Waals surface area contributed by atoms with Crippen LogP contribution in [0, 0.1) is 0 Å². The number of carbonyl (C=O) groups excluding carboxylic acids is 2. The molecule has 1 aliphatic rings. The molecule has 2 amide bonds. The van der Waals surface area contributed by atoms with Crippen molar-refractivity contribution in [1.82, 2.24) is 19.8 Å². The maximum absolute atomic E-state index is 12.9. The Balaban J connectivity index is 1.89. The molecular weight excluding hydrogens is 294 g/mol. The number of pyridine rings is 1. The van der Waals surface area contributed by atoms with Gasteiger partial charge in [-0.1, -0.05) is 6.07 Å². The van der Waals surface area contributed by atoms with Gasteiger partial charge in [0.1, 0.15) is 6.04 Å². The Kier molecular flexibility index (Phi) is 4.04. The van der Waals surface area contributed by atoms with E-state index in [2.05, 4.69) is 10.4 Å². The van der Waals surface area contributed by atoms with Crippen LogP contribution in [0.5, 0.6) is 0 Å². The number of hydrogen-bond donors (Lipinski definition) is 2. The average Bonchev–Trinajstić information content (AvgIpc) is 3.09. The van der Waals surface area contributed by atoms with Crippen LogP contribution in [0.25, 0.3) is 5.52 Å². The zero-order chi connectivity index (χ0) is 16.6. The predicted octanol–water partition coefficient (Wildman–Crippen LogP) is 0.401. The minimum Gasteiger partial charge on any atom is -0.352 e. The van der Waals surface area contributed by atoms with E-state index in [0.717, 1.165) is 5.52 Å². The van der Waals surface area contributed by atoms with E-state index in [9.17, 15) is 9.59 Å². The van der Waals surface area contributed by atoms with Crippen LogP contribution in [-0.2, 0) is 4.79 Å². The number of hydrogen-bond acceptors (Lipinski definition) is 4. The molecular formula is C16H21N5O2. The normalized spacial score (nSPS) is 21.1. The van der Waals surface area contributed by atoms with Gasteiger partial charge in [0.25, 0.3) is 5.91 Å². The Morgan fingerprint density at radius 3 is 2.91 bits per heavy atom. The second-order valence-electron chi connectivity index (χ2n) is 6.22. The van der Waals surface area contributed by atoms with E-state index in [1.807, 2.05) is 32.0 Å². The third-order valence-electron chi connectivity index (χ3n) is 3.98. The van der Waals surface area contributed by atoms with Crippen molar-refractivity contribution in [2.45, 2.75) is 38.4 Å². The Bertz CT molecular complexity index is 739. The van der Waals surface area contributed by atoms with E-state index in [4.69, 9.17) is 5.73 Å². The monoisotopic (exact) mass is 315 g/mol. The Morgan fingerprint density at radius 2 is 2.17 bits per heavy atom. The van der Waals surface area contributed by atoms with E-state index >= 15 is 0 Å². The summed E-state index contributed by atoms with van der Waals surface area (Å²) in [5.41, 5.74) is 7.20. The average molecular weight is 315 g/mol. The maximum atomic E-state index is 12.9. The molecule has 2 atom stereocenters. The molecule has 2 aromatic heterocycles. The molecule has 0 aliphatic carbocycles. The lowest BCUT2D eigenvalue weighted by Crippen LogP contribution is -2.47. The van der Waals surface area contributed by atoms with Gasteiger partial charge in [-0.05, 0) is 32.4 Å². The number of likely N-dealkylation sites (tertiary alicyclic amines) is 1. The summed E-state index contributed by atoms with van der Waals surface area (Å²) in [6.07, 6.45) is 3.80. The van der Waals surface area contributed by atoms with Crippen molar-refractivity contribution in [3.8, 4) is 0 Å². The van der Waals surface area contributed by atoms with E-state index < -0.39 is 6.04 Å². The number of nitrogens with one attached hydrogen (secondary N) is 1. The van der Waals surface area contributed by atoms with Crippen molar-refractivity contribution in [2.75, 3.05) is 6.54 Å². The lowest BCUT2D eigenvalue weighted by Gasteiger charge is -2.24. The number of nitrogens with two attached hydrogens (primary N) is 1. The fourth-order valence-corrected chi connectivity index (χ4v) is 2.98. The van der Waals surface area contributed by atoms with Crippen LogP contribution in [0.4, 0.5) is 0 Å². The molecule has 1 fully saturated rings. The van der Waals surface area contributed by atoms with Crippen molar-refractivity contribution in [1.29, 1.82) is 0 Å². The minimum atomic E-state index is -0.529. The highest BCUT2D eigenvalue weighted by Gasteiger charge is 2.39. The van der Waals surface area contributed by atoms with Crippen LogP contribution in [0.15, 0.2) is 30.6 Å².